The zero-order valence-electron chi connectivity index (χ0n) is 13.8. The molecule has 138 valence electrons. The van der Waals surface area contributed by atoms with E-state index in [4.69, 9.17) is 21.1 Å². The SMILES string of the molecule is CC1(c2ccc([N+](=O)[O-])c(CS(=O)(=O)c3ccc(Cl)cc3)c2)OCCO1. The second-order valence-electron chi connectivity index (χ2n) is 5.96. The standard InChI is InChI=1S/C17H16ClNO6S/c1-17(24-8-9-25-17)13-2-7-16(19(20)21)12(10-13)11-26(22,23)15-5-3-14(18)4-6-15/h2-7,10H,8-9,11H2,1H3. The quantitative estimate of drug-likeness (QED) is 0.566. The monoisotopic (exact) mass is 397 g/mol. The Morgan fingerprint density at radius 3 is 2.35 bits per heavy atom. The maximum atomic E-state index is 12.7. The fraction of sp³-hybridized carbons (Fsp3) is 0.294. The van der Waals surface area contributed by atoms with Crippen LogP contribution in [0, 0.1) is 10.1 Å². The molecule has 26 heavy (non-hydrogen) atoms. The number of nitrogens with zero attached hydrogens (tertiary/aromatic N) is 1. The smallest absolute Gasteiger partial charge is 0.273 e. The fourth-order valence-electron chi connectivity index (χ4n) is 2.77. The number of hydrogen-bond acceptors (Lipinski definition) is 6. The number of nitro benzene ring substituents is 1. The highest BCUT2D eigenvalue weighted by Gasteiger charge is 2.35. The third kappa shape index (κ3) is 3.73. The van der Waals surface area contributed by atoms with Gasteiger partial charge in [0, 0.05) is 22.2 Å². The summed E-state index contributed by atoms with van der Waals surface area (Å²) in [5.74, 6) is -1.57. The molecule has 0 aromatic heterocycles. The first kappa shape index (κ1) is 18.8. The lowest BCUT2D eigenvalue weighted by Gasteiger charge is -2.23. The van der Waals surface area contributed by atoms with Crippen LogP contribution in [0.25, 0.3) is 0 Å². The zero-order valence-corrected chi connectivity index (χ0v) is 15.4. The number of sulfone groups is 1. The van der Waals surface area contributed by atoms with Crippen LogP contribution < -0.4 is 0 Å². The molecular formula is C17H16ClNO6S. The molecule has 0 radical (unpaired) electrons. The van der Waals surface area contributed by atoms with Gasteiger partial charge in [-0.1, -0.05) is 11.6 Å². The third-order valence-electron chi connectivity index (χ3n) is 4.16. The fourth-order valence-corrected chi connectivity index (χ4v) is 4.26. The van der Waals surface area contributed by atoms with Crippen molar-refractivity contribution < 1.29 is 22.8 Å². The van der Waals surface area contributed by atoms with Crippen LogP contribution in [0.15, 0.2) is 47.4 Å². The van der Waals surface area contributed by atoms with Gasteiger partial charge in [-0.05, 0) is 43.3 Å². The molecule has 9 heteroatoms. The Kier molecular flexibility index (Phi) is 5.03. The molecule has 1 aliphatic heterocycles. The van der Waals surface area contributed by atoms with Gasteiger partial charge in [0.25, 0.3) is 5.69 Å². The Morgan fingerprint density at radius 2 is 1.77 bits per heavy atom. The van der Waals surface area contributed by atoms with Crippen molar-refractivity contribution in [3.05, 3.63) is 68.7 Å². The van der Waals surface area contributed by atoms with Gasteiger partial charge in [-0.25, -0.2) is 8.42 Å². The molecule has 2 aromatic carbocycles. The predicted molar refractivity (Wildman–Crippen MR) is 94.7 cm³/mol. The summed E-state index contributed by atoms with van der Waals surface area (Å²) in [4.78, 5) is 10.8. The number of nitro groups is 1. The van der Waals surface area contributed by atoms with Crippen molar-refractivity contribution in [2.45, 2.75) is 23.4 Å². The molecule has 0 spiro atoms. The van der Waals surface area contributed by atoms with Crippen LogP contribution in [0.4, 0.5) is 5.69 Å². The van der Waals surface area contributed by atoms with Gasteiger partial charge in [-0.3, -0.25) is 10.1 Å². The largest absolute Gasteiger partial charge is 0.344 e. The van der Waals surface area contributed by atoms with Gasteiger partial charge in [0.1, 0.15) is 0 Å². The van der Waals surface area contributed by atoms with Gasteiger partial charge in [-0.15, -0.1) is 0 Å². The summed E-state index contributed by atoms with van der Waals surface area (Å²) in [5, 5.41) is 11.7. The first-order valence-electron chi connectivity index (χ1n) is 7.75. The number of ether oxygens (including phenoxy) is 2. The number of hydrogen-bond donors (Lipinski definition) is 0. The summed E-state index contributed by atoms with van der Waals surface area (Å²) >= 11 is 5.79. The lowest BCUT2D eigenvalue weighted by atomic mass is 10.0. The predicted octanol–water partition coefficient (Wildman–Crippen LogP) is 3.44. The van der Waals surface area contributed by atoms with Crippen molar-refractivity contribution >= 4 is 27.1 Å². The Bertz CT molecular complexity index is 936. The van der Waals surface area contributed by atoms with E-state index in [0.29, 0.717) is 23.8 Å². The summed E-state index contributed by atoms with van der Waals surface area (Å²) in [5.41, 5.74) is 0.331. The lowest BCUT2D eigenvalue weighted by molar-refractivity contribution is -0.385. The molecule has 2 aromatic rings. The van der Waals surface area contributed by atoms with Gasteiger partial charge >= 0.3 is 0 Å². The highest BCUT2D eigenvalue weighted by molar-refractivity contribution is 7.90. The van der Waals surface area contributed by atoms with Crippen LogP contribution in [-0.4, -0.2) is 26.6 Å². The van der Waals surface area contributed by atoms with Gasteiger partial charge in [-0.2, -0.15) is 0 Å². The summed E-state index contributed by atoms with van der Waals surface area (Å²) < 4.78 is 36.5. The van der Waals surface area contributed by atoms with Gasteiger partial charge in [0.2, 0.25) is 0 Å². The Morgan fingerprint density at radius 1 is 1.15 bits per heavy atom. The molecule has 0 aliphatic carbocycles. The second-order valence-corrected chi connectivity index (χ2v) is 8.38. The first-order valence-corrected chi connectivity index (χ1v) is 9.78. The van der Waals surface area contributed by atoms with Crippen LogP contribution in [0.2, 0.25) is 5.02 Å². The van der Waals surface area contributed by atoms with Crippen molar-refractivity contribution in [3.63, 3.8) is 0 Å². The Balaban J connectivity index is 2.01. The zero-order chi connectivity index (χ0) is 18.9. The van der Waals surface area contributed by atoms with E-state index in [1.54, 1.807) is 6.92 Å². The van der Waals surface area contributed by atoms with Crippen LogP contribution >= 0.6 is 11.6 Å². The van der Waals surface area contributed by atoms with E-state index in [1.807, 2.05) is 0 Å². The maximum Gasteiger partial charge on any atom is 0.273 e. The molecule has 1 saturated heterocycles. The van der Waals surface area contributed by atoms with E-state index in [9.17, 15) is 18.5 Å². The maximum absolute atomic E-state index is 12.7. The molecule has 0 amide bonds. The number of rotatable bonds is 5. The van der Waals surface area contributed by atoms with Gasteiger partial charge in [0.15, 0.2) is 15.6 Å². The molecule has 1 fully saturated rings. The first-order chi connectivity index (χ1) is 12.2. The molecular weight excluding hydrogens is 382 g/mol. The lowest BCUT2D eigenvalue weighted by Crippen LogP contribution is -2.23. The molecule has 1 heterocycles. The van der Waals surface area contributed by atoms with E-state index in [1.165, 1.54) is 42.5 Å². The van der Waals surface area contributed by atoms with Crippen LogP contribution in [0.5, 0.6) is 0 Å². The van der Waals surface area contributed by atoms with Crippen molar-refractivity contribution in [2.75, 3.05) is 13.2 Å². The number of benzene rings is 2. The minimum Gasteiger partial charge on any atom is -0.344 e. The minimum atomic E-state index is -3.79. The summed E-state index contributed by atoms with van der Waals surface area (Å²) in [6.45, 7) is 2.48. The normalized spacial score (nSPS) is 16.5. The van der Waals surface area contributed by atoms with E-state index in [2.05, 4.69) is 0 Å². The van der Waals surface area contributed by atoms with E-state index >= 15 is 0 Å². The molecule has 7 nitrogen and oxygen atoms in total. The Hall–Kier alpha value is -2.00. The second kappa shape index (κ2) is 6.96. The summed E-state index contributed by atoms with van der Waals surface area (Å²) in [6, 6.07) is 9.91. The van der Waals surface area contributed by atoms with Crippen LogP contribution in [0.1, 0.15) is 18.1 Å². The third-order valence-corrected chi connectivity index (χ3v) is 6.09. The molecule has 0 saturated carbocycles. The molecule has 0 unspecified atom stereocenters. The van der Waals surface area contributed by atoms with Gasteiger partial charge in [0.05, 0.1) is 28.8 Å². The molecule has 0 N–H and O–H groups in total. The summed E-state index contributed by atoms with van der Waals surface area (Å²) in [6.07, 6.45) is 0. The topological polar surface area (TPSA) is 95.7 Å². The highest BCUT2D eigenvalue weighted by Crippen LogP contribution is 2.34. The molecule has 0 bridgehead atoms. The van der Waals surface area contributed by atoms with Crippen molar-refractivity contribution in [1.29, 1.82) is 0 Å². The summed E-state index contributed by atoms with van der Waals surface area (Å²) in [7, 11) is -3.79. The van der Waals surface area contributed by atoms with Gasteiger partial charge < -0.3 is 9.47 Å². The Labute approximate surface area is 155 Å². The average molecular weight is 398 g/mol. The van der Waals surface area contributed by atoms with E-state index in [0.717, 1.165) is 0 Å². The molecule has 0 atom stereocenters. The average Bonchev–Trinajstić information content (AvgIpc) is 3.02. The number of halogens is 1. The van der Waals surface area contributed by atoms with Crippen molar-refractivity contribution in [3.8, 4) is 0 Å². The van der Waals surface area contributed by atoms with E-state index < -0.39 is 26.3 Å². The minimum absolute atomic E-state index is 0.0428. The van der Waals surface area contributed by atoms with Crippen LogP contribution in [0.3, 0.4) is 0 Å². The van der Waals surface area contributed by atoms with Crippen molar-refractivity contribution in [2.24, 2.45) is 0 Å². The molecule has 1 aliphatic rings. The molecule has 3 rings (SSSR count). The van der Waals surface area contributed by atoms with E-state index in [-0.39, 0.29) is 16.1 Å². The highest BCUT2D eigenvalue weighted by atomic mass is 35.5. The van der Waals surface area contributed by atoms with Crippen molar-refractivity contribution in [1.82, 2.24) is 0 Å². The van der Waals surface area contributed by atoms with Crippen LogP contribution in [-0.2, 0) is 30.9 Å².